The van der Waals surface area contributed by atoms with Gasteiger partial charge < -0.3 is 9.64 Å². The topological polar surface area (TPSA) is 103 Å². The molecule has 0 aliphatic carbocycles. The van der Waals surface area contributed by atoms with Crippen LogP contribution >= 0.6 is 23.4 Å². The minimum absolute atomic E-state index is 0.136. The number of nitrogens with zero attached hydrogens (tertiary/aromatic N) is 6. The van der Waals surface area contributed by atoms with Crippen LogP contribution in [0.15, 0.2) is 52.8 Å². The van der Waals surface area contributed by atoms with Gasteiger partial charge in [-0.05, 0) is 25.3 Å². The molecule has 0 spiro atoms. The number of ether oxygens (including phenoxy) is 1. The van der Waals surface area contributed by atoms with E-state index in [9.17, 15) is 9.59 Å². The Labute approximate surface area is 216 Å². The molecule has 0 atom stereocenters. The Morgan fingerprint density at radius 1 is 1.11 bits per heavy atom. The molecule has 1 amide bonds. The van der Waals surface area contributed by atoms with Crippen LogP contribution in [0.4, 0.5) is 0 Å². The molecule has 0 unspecified atom stereocenters. The Bertz CT molecular complexity index is 1520. The fraction of sp³-hybridized carbons (Fsp3) is 0.280. The van der Waals surface area contributed by atoms with Crippen molar-refractivity contribution in [1.82, 2.24) is 29.4 Å². The summed E-state index contributed by atoms with van der Waals surface area (Å²) in [6.07, 6.45) is 6.87. The van der Waals surface area contributed by atoms with Gasteiger partial charge in [0.05, 0.1) is 30.8 Å². The molecule has 4 aromatic rings. The Morgan fingerprint density at radius 3 is 2.64 bits per heavy atom. The second-order valence-electron chi connectivity index (χ2n) is 8.32. The highest BCUT2D eigenvalue weighted by atomic mass is 35.5. The molecule has 5 rings (SSSR count). The number of hydrogen-bond acceptors (Lipinski definition) is 8. The van der Waals surface area contributed by atoms with Gasteiger partial charge >= 0.3 is 0 Å². The van der Waals surface area contributed by atoms with Crippen LogP contribution in [0.3, 0.4) is 0 Å². The van der Waals surface area contributed by atoms with Crippen LogP contribution in [0.2, 0.25) is 5.02 Å². The van der Waals surface area contributed by atoms with E-state index in [1.165, 1.54) is 16.3 Å². The van der Waals surface area contributed by atoms with Gasteiger partial charge in [-0.15, -0.1) is 0 Å². The predicted octanol–water partition coefficient (Wildman–Crippen LogP) is 3.46. The predicted molar refractivity (Wildman–Crippen MR) is 139 cm³/mol. The first-order valence-corrected chi connectivity index (χ1v) is 12.9. The highest BCUT2D eigenvalue weighted by molar-refractivity contribution is 7.98. The van der Waals surface area contributed by atoms with Crippen LogP contribution in [-0.2, 0) is 16.1 Å². The van der Waals surface area contributed by atoms with E-state index in [4.69, 9.17) is 16.3 Å². The number of aromatic nitrogens is 5. The fourth-order valence-corrected chi connectivity index (χ4v) is 4.74. The third kappa shape index (κ3) is 4.84. The van der Waals surface area contributed by atoms with E-state index in [0.717, 1.165) is 11.3 Å². The van der Waals surface area contributed by atoms with E-state index < -0.39 is 0 Å². The van der Waals surface area contributed by atoms with E-state index in [1.807, 2.05) is 19.2 Å². The maximum atomic E-state index is 13.8. The van der Waals surface area contributed by atoms with Crippen molar-refractivity contribution in [3.8, 4) is 22.4 Å². The molecular weight excluding hydrogens is 500 g/mol. The van der Waals surface area contributed by atoms with Gasteiger partial charge in [0.15, 0.2) is 5.16 Å². The van der Waals surface area contributed by atoms with Gasteiger partial charge in [0.25, 0.3) is 5.56 Å². The quantitative estimate of drug-likeness (QED) is 0.290. The van der Waals surface area contributed by atoms with Crippen LogP contribution in [0, 0.1) is 6.92 Å². The number of halogens is 1. The number of pyridine rings is 1. The van der Waals surface area contributed by atoms with Crippen LogP contribution in [0.1, 0.15) is 5.69 Å². The lowest BCUT2D eigenvalue weighted by Crippen LogP contribution is -2.43. The fourth-order valence-electron chi connectivity index (χ4n) is 4.12. The van der Waals surface area contributed by atoms with Crippen molar-refractivity contribution in [1.29, 1.82) is 0 Å². The molecule has 0 saturated carbocycles. The first-order valence-electron chi connectivity index (χ1n) is 11.3. The molecule has 3 aromatic heterocycles. The maximum Gasteiger partial charge on any atom is 0.260 e. The van der Waals surface area contributed by atoms with Crippen molar-refractivity contribution in [3.63, 3.8) is 0 Å². The third-order valence-electron chi connectivity index (χ3n) is 5.95. The zero-order valence-electron chi connectivity index (χ0n) is 19.8. The lowest BCUT2D eigenvalue weighted by Gasteiger charge is -2.27. The van der Waals surface area contributed by atoms with Gasteiger partial charge in [-0.1, -0.05) is 35.5 Å². The summed E-state index contributed by atoms with van der Waals surface area (Å²) in [7, 11) is 0. The van der Waals surface area contributed by atoms with Crippen molar-refractivity contribution in [2.24, 2.45) is 0 Å². The van der Waals surface area contributed by atoms with E-state index in [-0.39, 0.29) is 18.0 Å². The Morgan fingerprint density at radius 2 is 1.92 bits per heavy atom. The number of rotatable bonds is 5. The summed E-state index contributed by atoms with van der Waals surface area (Å²) in [5, 5.41) is 1.55. The highest BCUT2D eigenvalue weighted by Gasteiger charge is 2.22. The zero-order chi connectivity index (χ0) is 25.2. The molecule has 1 saturated heterocycles. The van der Waals surface area contributed by atoms with E-state index in [1.54, 1.807) is 41.7 Å². The van der Waals surface area contributed by atoms with Crippen molar-refractivity contribution >= 4 is 40.3 Å². The number of aryl methyl sites for hydroxylation is 1. The summed E-state index contributed by atoms with van der Waals surface area (Å²) in [4.78, 5) is 46.2. The standard InChI is InChI=1S/C25H23ClN6O3S/c1-15-11-27-13-21(29-15)16-3-4-18(20(26)10-16)19-9-17-12-28-25(36-2)30-23(17)32(24(19)34)14-22(33)31-5-7-35-8-6-31/h3-4,9-13H,5-8,14H2,1-2H3. The molecule has 1 fully saturated rings. The number of benzene rings is 1. The number of fused-ring (bicyclic) bond motifs is 1. The largest absolute Gasteiger partial charge is 0.378 e. The normalized spacial score (nSPS) is 13.8. The summed E-state index contributed by atoms with van der Waals surface area (Å²) < 4.78 is 6.77. The first-order chi connectivity index (χ1) is 17.4. The molecule has 9 nitrogen and oxygen atoms in total. The molecule has 4 heterocycles. The summed E-state index contributed by atoms with van der Waals surface area (Å²) in [5.74, 6) is -0.164. The SMILES string of the molecule is CSc1ncc2cc(-c3ccc(-c4cncc(C)n4)cc3Cl)c(=O)n(CC(=O)N3CCOCC3)c2n1. The Kier molecular flexibility index (Phi) is 6.99. The Hall–Kier alpha value is -3.34. The number of morpholine rings is 1. The average Bonchev–Trinajstić information content (AvgIpc) is 2.90. The number of thioether (sulfide) groups is 1. The van der Waals surface area contributed by atoms with Gasteiger partial charge in [-0.3, -0.25) is 19.1 Å². The van der Waals surface area contributed by atoms with Crippen LogP contribution in [-0.4, -0.2) is 67.9 Å². The molecule has 0 bridgehead atoms. The molecule has 1 aliphatic heterocycles. The third-order valence-corrected chi connectivity index (χ3v) is 6.83. The first kappa shape index (κ1) is 24.4. The summed E-state index contributed by atoms with van der Waals surface area (Å²) in [5.41, 5.74) is 3.25. The van der Waals surface area contributed by atoms with Crippen LogP contribution in [0.25, 0.3) is 33.4 Å². The minimum atomic E-state index is -0.347. The lowest BCUT2D eigenvalue weighted by atomic mass is 10.0. The molecule has 1 aromatic carbocycles. The molecule has 11 heteroatoms. The second-order valence-corrected chi connectivity index (χ2v) is 9.50. The molecule has 36 heavy (non-hydrogen) atoms. The summed E-state index contributed by atoms with van der Waals surface area (Å²) >= 11 is 8.05. The monoisotopic (exact) mass is 522 g/mol. The van der Waals surface area contributed by atoms with Crippen molar-refractivity contribution in [3.05, 3.63) is 63.9 Å². The summed E-state index contributed by atoms with van der Waals surface area (Å²) in [6, 6.07) is 7.13. The van der Waals surface area contributed by atoms with E-state index >= 15 is 0 Å². The van der Waals surface area contributed by atoms with E-state index in [2.05, 4.69) is 19.9 Å². The maximum absolute atomic E-state index is 13.8. The zero-order valence-corrected chi connectivity index (χ0v) is 21.3. The molecule has 0 N–H and O–H groups in total. The second kappa shape index (κ2) is 10.3. The van der Waals surface area contributed by atoms with Gasteiger partial charge in [0.2, 0.25) is 5.91 Å². The lowest BCUT2D eigenvalue weighted by molar-refractivity contribution is -0.135. The molecule has 184 valence electrons. The van der Waals surface area contributed by atoms with Gasteiger partial charge in [0.1, 0.15) is 12.2 Å². The smallest absolute Gasteiger partial charge is 0.260 e. The number of carbonyl (C=O) groups is 1. The number of carbonyl (C=O) groups excluding carboxylic acids is 1. The van der Waals surface area contributed by atoms with Gasteiger partial charge in [-0.2, -0.15) is 0 Å². The van der Waals surface area contributed by atoms with Gasteiger partial charge in [0, 0.05) is 52.6 Å². The van der Waals surface area contributed by atoms with Crippen molar-refractivity contribution in [2.75, 3.05) is 32.6 Å². The molecular formula is C25H23ClN6O3S. The summed E-state index contributed by atoms with van der Waals surface area (Å²) in [6.45, 7) is 3.67. The average molecular weight is 523 g/mol. The van der Waals surface area contributed by atoms with E-state index in [0.29, 0.717) is 64.3 Å². The van der Waals surface area contributed by atoms with Crippen molar-refractivity contribution < 1.29 is 9.53 Å². The molecule has 1 aliphatic rings. The van der Waals surface area contributed by atoms with Crippen LogP contribution < -0.4 is 5.56 Å². The van der Waals surface area contributed by atoms with Crippen LogP contribution in [0.5, 0.6) is 0 Å². The minimum Gasteiger partial charge on any atom is -0.378 e. The number of hydrogen-bond donors (Lipinski definition) is 0. The van der Waals surface area contributed by atoms with Crippen molar-refractivity contribution in [2.45, 2.75) is 18.6 Å². The number of amides is 1. The Balaban J connectivity index is 1.61. The van der Waals surface area contributed by atoms with Gasteiger partial charge in [-0.25, -0.2) is 15.0 Å². The molecule has 0 radical (unpaired) electrons. The highest BCUT2D eigenvalue weighted by Crippen LogP contribution is 2.31.